The van der Waals surface area contributed by atoms with Crippen LogP contribution in [0.5, 0.6) is 5.75 Å². The predicted molar refractivity (Wildman–Crippen MR) is 82.7 cm³/mol. The molecule has 2 aromatic rings. The number of phenolic OH excluding ortho intramolecular Hbond substituents is 1. The quantitative estimate of drug-likeness (QED) is 0.874. The molecular formula is C17H13F3N2O3. The molecule has 0 aliphatic carbocycles. The minimum absolute atomic E-state index is 0.0850. The van der Waals surface area contributed by atoms with Gasteiger partial charge in [-0.15, -0.1) is 0 Å². The van der Waals surface area contributed by atoms with Gasteiger partial charge in [0.1, 0.15) is 11.5 Å². The van der Waals surface area contributed by atoms with Crippen molar-refractivity contribution in [2.24, 2.45) is 5.10 Å². The van der Waals surface area contributed by atoms with E-state index in [9.17, 15) is 28.2 Å². The molecular weight excluding hydrogens is 337 g/mol. The standard InChI is InChI=1S/C17H13F3N2O3/c18-17(19,20)14-10-16(25,11-6-2-1-3-7-11)22(21-14)15(24)12-8-4-5-9-13(12)23/h1-9,23,25H,10H2. The van der Waals surface area contributed by atoms with Crippen molar-refractivity contribution in [1.82, 2.24) is 5.01 Å². The summed E-state index contributed by atoms with van der Waals surface area (Å²) in [5.41, 5.74) is -3.75. The van der Waals surface area contributed by atoms with Crippen LogP contribution in [0.25, 0.3) is 0 Å². The number of aliphatic hydroxyl groups is 1. The first-order valence-electron chi connectivity index (χ1n) is 7.28. The first-order chi connectivity index (χ1) is 11.7. The molecule has 3 rings (SSSR count). The van der Waals surface area contributed by atoms with Crippen LogP contribution in [-0.2, 0) is 5.72 Å². The van der Waals surface area contributed by atoms with Crippen LogP contribution in [0.1, 0.15) is 22.3 Å². The van der Waals surface area contributed by atoms with Crippen molar-refractivity contribution >= 4 is 11.6 Å². The van der Waals surface area contributed by atoms with Gasteiger partial charge in [-0.2, -0.15) is 23.3 Å². The molecule has 0 fully saturated rings. The molecule has 2 aromatic carbocycles. The third-order valence-corrected chi connectivity index (χ3v) is 3.88. The summed E-state index contributed by atoms with van der Waals surface area (Å²) in [4.78, 5) is 12.7. The first-order valence-corrected chi connectivity index (χ1v) is 7.28. The molecule has 1 aliphatic heterocycles. The van der Waals surface area contributed by atoms with Crippen LogP contribution in [0.2, 0.25) is 0 Å². The number of hydrazone groups is 1. The van der Waals surface area contributed by atoms with E-state index in [1.807, 2.05) is 0 Å². The smallest absolute Gasteiger partial charge is 0.431 e. The number of phenols is 1. The molecule has 130 valence electrons. The molecule has 5 nitrogen and oxygen atoms in total. The summed E-state index contributed by atoms with van der Waals surface area (Å²) in [6.45, 7) is 0. The number of carbonyl (C=O) groups is 1. The summed E-state index contributed by atoms with van der Waals surface area (Å²) < 4.78 is 39.3. The van der Waals surface area contributed by atoms with Crippen LogP contribution in [0.4, 0.5) is 13.2 Å². The number of halogens is 3. The number of benzene rings is 2. The fourth-order valence-corrected chi connectivity index (χ4v) is 2.62. The lowest BCUT2D eigenvalue weighted by atomic mass is 9.96. The monoisotopic (exact) mass is 350 g/mol. The molecule has 0 spiro atoms. The fourth-order valence-electron chi connectivity index (χ4n) is 2.62. The van der Waals surface area contributed by atoms with Crippen LogP contribution in [0.15, 0.2) is 59.7 Å². The molecule has 1 unspecified atom stereocenters. The summed E-state index contributed by atoms with van der Waals surface area (Å²) in [6, 6.07) is 12.9. The van der Waals surface area contributed by atoms with Gasteiger partial charge in [0.2, 0.25) is 0 Å². The van der Waals surface area contributed by atoms with E-state index in [4.69, 9.17) is 0 Å². The largest absolute Gasteiger partial charge is 0.507 e. The van der Waals surface area contributed by atoms with Gasteiger partial charge in [-0.3, -0.25) is 4.79 Å². The van der Waals surface area contributed by atoms with Crippen LogP contribution >= 0.6 is 0 Å². The summed E-state index contributed by atoms with van der Waals surface area (Å²) >= 11 is 0. The maximum Gasteiger partial charge on any atom is 0.431 e. The van der Waals surface area contributed by atoms with Crippen molar-refractivity contribution in [3.05, 3.63) is 65.7 Å². The summed E-state index contributed by atoms with van der Waals surface area (Å²) in [5.74, 6) is -1.46. The van der Waals surface area contributed by atoms with Crippen molar-refractivity contribution in [3.8, 4) is 5.75 Å². The van der Waals surface area contributed by atoms with Gasteiger partial charge in [-0.05, 0) is 12.1 Å². The van der Waals surface area contributed by atoms with Gasteiger partial charge in [-0.1, -0.05) is 42.5 Å². The molecule has 0 bridgehead atoms. The van der Waals surface area contributed by atoms with Crippen LogP contribution in [0, 0.1) is 0 Å². The van der Waals surface area contributed by atoms with Gasteiger partial charge < -0.3 is 10.2 Å². The zero-order valence-electron chi connectivity index (χ0n) is 12.7. The normalized spacial score (nSPS) is 20.5. The number of hydrogen-bond acceptors (Lipinski definition) is 4. The highest BCUT2D eigenvalue weighted by atomic mass is 19.4. The maximum absolute atomic E-state index is 13.1. The molecule has 1 aliphatic rings. The van der Waals surface area contributed by atoms with E-state index >= 15 is 0 Å². The Morgan fingerprint density at radius 3 is 2.28 bits per heavy atom. The van der Waals surface area contributed by atoms with Gasteiger partial charge >= 0.3 is 6.18 Å². The van der Waals surface area contributed by atoms with Gasteiger partial charge in [-0.25, -0.2) is 0 Å². The average Bonchev–Trinajstić information content (AvgIpc) is 2.95. The second-order valence-electron chi connectivity index (χ2n) is 5.54. The SMILES string of the molecule is O=C(c1ccccc1O)N1N=C(C(F)(F)F)CC1(O)c1ccccc1. The lowest BCUT2D eigenvalue weighted by molar-refractivity contribution is -0.0816. The number of nitrogens with zero attached hydrogens (tertiary/aromatic N) is 2. The highest BCUT2D eigenvalue weighted by Crippen LogP contribution is 2.40. The molecule has 0 aromatic heterocycles. The molecule has 2 N–H and O–H groups in total. The van der Waals surface area contributed by atoms with Crippen molar-refractivity contribution in [2.75, 3.05) is 0 Å². The van der Waals surface area contributed by atoms with E-state index < -0.39 is 35.7 Å². The van der Waals surface area contributed by atoms with Crippen molar-refractivity contribution < 1.29 is 28.2 Å². The Labute approximate surface area is 140 Å². The van der Waals surface area contributed by atoms with E-state index in [1.165, 1.54) is 48.5 Å². The maximum atomic E-state index is 13.1. The molecule has 8 heteroatoms. The number of amides is 1. The van der Waals surface area contributed by atoms with Gasteiger partial charge in [0.15, 0.2) is 5.72 Å². The predicted octanol–water partition coefficient (Wildman–Crippen LogP) is 3.00. The Hall–Kier alpha value is -2.87. The Kier molecular flexibility index (Phi) is 4.00. The van der Waals surface area contributed by atoms with Gasteiger partial charge in [0.25, 0.3) is 5.91 Å². The third kappa shape index (κ3) is 2.96. The molecule has 0 radical (unpaired) electrons. The number of carbonyl (C=O) groups excluding carboxylic acids is 1. The third-order valence-electron chi connectivity index (χ3n) is 3.88. The highest BCUT2D eigenvalue weighted by Gasteiger charge is 2.53. The molecule has 1 amide bonds. The average molecular weight is 350 g/mol. The van der Waals surface area contributed by atoms with E-state index in [2.05, 4.69) is 5.10 Å². The van der Waals surface area contributed by atoms with Crippen molar-refractivity contribution in [3.63, 3.8) is 0 Å². The van der Waals surface area contributed by atoms with Crippen LogP contribution < -0.4 is 0 Å². The summed E-state index contributed by atoms with van der Waals surface area (Å²) in [6.07, 6.45) is -5.70. The van der Waals surface area contributed by atoms with E-state index in [0.717, 1.165) is 0 Å². The Morgan fingerprint density at radius 2 is 1.68 bits per heavy atom. The van der Waals surface area contributed by atoms with E-state index in [-0.39, 0.29) is 11.1 Å². The molecule has 0 saturated carbocycles. The van der Waals surface area contributed by atoms with Crippen LogP contribution in [0.3, 0.4) is 0 Å². The number of aromatic hydroxyl groups is 1. The lowest BCUT2D eigenvalue weighted by Gasteiger charge is -2.31. The van der Waals surface area contributed by atoms with Crippen molar-refractivity contribution in [2.45, 2.75) is 18.3 Å². The minimum Gasteiger partial charge on any atom is -0.507 e. The zero-order chi connectivity index (χ0) is 18.2. The molecule has 0 saturated heterocycles. The minimum atomic E-state index is -4.80. The number of rotatable bonds is 2. The van der Waals surface area contributed by atoms with E-state index in [0.29, 0.717) is 5.01 Å². The van der Waals surface area contributed by atoms with Crippen molar-refractivity contribution in [1.29, 1.82) is 0 Å². The highest BCUT2D eigenvalue weighted by molar-refractivity contribution is 6.01. The Balaban J connectivity index is 2.10. The Morgan fingerprint density at radius 1 is 1.08 bits per heavy atom. The Bertz CT molecular complexity index is 837. The molecule has 1 heterocycles. The zero-order valence-corrected chi connectivity index (χ0v) is 12.7. The topological polar surface area (TPSA) is 73.1 Å². The first kappa shape index (κ1) is 17.0. The number of alkyl halides is 3. The number of para-hydroxylation sites is 1. The van der Waals surface area contributed by atoms with E-state index in [1.54, 1.807) is 6.07 Å². The second kappa shape index (κ2) is 5.89. The van der Waals surface area contributed by atoms with Crippen LogP contribution in [-0.4, -0.2) is 33.0 Å². The van der Waals surface area contributed by atoms with Gasteiger partial charge in [0, 0.05) is 5.56 Å². The molecule has 25 heavy (non-hydrogen) atoms. The summed E-state index contributed by atoms with van der Waals surface area (Å²) in [5, 5.41) is 24.4. The van der Waals surface area contributed by atoms with Gasteiger partial charge in [0.05, 0.1) is 12.0 Å². The lowest BCUT2D eigenvalue weighted by Crippen LogP contribution is -2.43. The summed E-state index contributed by atoms with van der Waals surface area (Å²) in [7, 11) is 0. The fraction of sp³-hybridized carbons (Fsp3) is 0.176. The number of hydrogen-bond donors (Lipinski definition) is 2. The molecule has 1 atom stereocenters. The second-order valence-corrected chi connectivity index (χ2v) is 5.54.